The molecule has 0 saturated carbocycles. The molecule has 0 fully saturated rings. The van der Waals surface area contributed by atoms with Gasteiger partial charge in [0.2, 0.25) is 0 Å². The van der Waals surface area contributed by atoms with Gasteiger partial charge in [0, 0.05) is 13.2 Å². The topological polar surface area (TPSA) is 41.5 Å². The van der Waals surface area contributed by atoms with Crippen molar-refractivity contribution in [3.8, 4) is 0 Å². The average molecular weight is 119 g/mol. The molecule has 0 bridgehead atoms. The molecular weight excluding hydrogens is 106 g/mol. The van der Waals surface area contributed by atoms with Gasteiger partial charge in [0.15, 0.2) is 6.29 Å². The van der Waals surface area contributed by atoms with Crippen LogP contribution in [0.3, 0.4) is 0 Å². The van der Waals surface area contributed by atoms with Gasteiger partial charge in [-0.2, -0.15) is 0 Å². The van der Waals surface area contributed by atoms with E-state index < -0.39 is 6.29 Å². The van der Waals surface area contributed by atoms with Crippen molar-refractivity contribution in [3.63, 3.8) is 0 Å². The van der Waals surface area contributed by atoms with Crippen molar-refractivity contribution in [2.45, 2.75) is 13.2 Å². The van der Waals surface area contributed by atoms with Crippen LogP contribution in [0.1, 0.15) is 6.92 Å². The van der Waals surface area contributed by atoms with Crippen LogP contribution >= 0.6 is 0 Å². The summed E-state index contributed by atoms with van der Waals surface area (Å²) in [6, 6.07) is 0. The zero-order chi connectivity index (χ0) is 6.41. The Hall–Kier alpha value is -0.120. The molecule has 8 heavy (non-hydrogen) atoms. The Morgan fingerprint density at radius 3 is 2.75 bits per heavy atom. The molecule has 0 aromatic carbocycles. The summed E-state index contributed by atoms with van der Waals surface area (Å²) in [6.07, 6.45) is -0.648. The second-order valence-corrected chi connectivity index (χ2v) is 1.47. The summed E-state index contributed by atoms with van der Waals surface area (Å²) in [7, 11) is 1.77. The summed E-state index contributed by atoms with van der Waals surface area (Å²) in [4.78, 5) is 0. The molecule has 0 rings (SSSR count). The molecule has 3 nitrogen and oxygen atoms in total. The molecule has 50 valence electrons. The second kappa shape index (κ2) is 5.03. The van der Waals surface area contributed by atoms with Crippen LogP contribution in [-0.4, -0.2) is 31.6 Å². The van der Waals surface area contributed by atoms with Gasteiger partial charge in [-0.3, -0.25) is 0 Å². The lowest BCUT2D eigenvalue weighted by Gasteiger charge is -2.07. The first kappa shape index (κ1) is 7.88. The van der Waals surface area contributed by atoms with Crippen LogP contribution in [0.15, 0.2) is 0 Å². The Kier molecular flexibility index (Phi) is 4.95. The van der Waals surface area contributed by atoms with Gasteiger partial charge in [0.25, 0.3) is 0 Å². The lowest BCUT2D eigenvalue weighted by molar-refractivity contribution is -0.0903. The van der Waals surface area contributed by atoms with Crippen LogP contribution in [0.5, 0.6) is 0 Å². The van der Waals surface area contributed by atoms with Crippen LogP contribution in [0.2, 0.25) is 0 Å². The maximum atomic E-state index is 8.76. The average Bonchev–Trinajstić information content (AvgIpc) is 1.68. The van der Waals surface area contributed by atoms with E-state index >= 15 is 0 Å². The smallest absolute Gasteiger partial charge is 0.166 e. The first-order valence-electron chi connectivity index (χ1n) is 2.75. The van der Waals surface area contributed by atoms with Crippen molar-refractivity contribution in [1.82, 2.24) is 5.32 Å². The molecule has 0 aliphatic rings. The summed E-state index contributed by atoms with van der Waals surface area (Å²) in [5, 5.41) is 11.5. The zero-order valence-corrected chi connectivity index (χ0v) is 5.35. The minimum absolute atomic E-state index is 0.494. The molecule has 1 atom stereocenters. The predicted octanol–water partition coefficient (Wildman–Crippen LogP) is -0.439. The van der Waals surface area contributed by atoms with Gasteiger partial charge in [-0.15, -0.1) is 0 Å². The number of rotatable bonds is 4. The highest BCUT2D eigenvalue weighted by Gasteiger charge is 1.96. The van der Waals surface area contributed by atoms with Gasteiger partial charge in [-0.1, -0.05) is 0 Å². The molecule has 0 aromatic rings. The molecule has 1 unspecified atom stereocenters. The first-order chi connectivity index (χ1) is 3.81. The number of hydrogen-bond acceptors (Lipinski definition) is 3. The van der Waals surface area contributed by atoms with E-state index in [9.17, 15) is 0 Å². The molecule has 3 heteroatoms. The third kappa shape index (κ3) is 4.05. The number of aliphatic hydroxyl groups is 1. The molecule has 0 amide bonds. The summed E-state index contributed by atoms with van der Waals surface area (Å²) in [5.74, 6) is 0. The second-order valence-electron chi connectivity index (χ2n) is 1.47. The Morgan fingerprint density at radius 2 is 2.38 bits per heavy atom. The van der Waals surface area contributed by atoms with Crippen LogP contribution < -0.4 is 5.32 Å². The first-order valence-corrected chi connectivity index (χ1v) is 2.75. The standard InChI is InChI=1S/C5H13NO2/c1-3-8-5(7)4-6-2/h5-7H,3-4H2,1-2H3. The minimum Gasteiger partial charge on any atom is -0.367 e. The Balaban J connectivity index is 2.92. The van der Waals surface area contributed by atoms with Crippen LogP contribution in [0.4, 0.5) is 0 Å². The summed E-state index contributed by atoms with van der Waals surface area (Å²) >= 11 is 0. The molecule has 0 spiro atoms. The van der Waals surface area contributed by atoms with Gasteiger partial charge in [-0.05, 0) is 14.0 Å². The fourth-order valence-electron chi connectivity index (χ4n) is 0.426. The highest BCUT2D eigenvalue weighted by Crippen LogP contribution is 1.80. The minimum atomic E-state index is -0.648. The number of nitrogens with one attached hydrogen (secondary N) is 1. The van der Waals surface area contributed by atoms with Gasteiger partial charge >= 0.3 is 0 Å². The summed E-state index contributed by atoms with van der Waals surface area (Å²) < 4.78 is 4.78. The zero-order valence-electron chi connectivity index (χ0n) is 5.35. The number of aliphatic hydroxyl groups excluding tert-OH is 1. The number of likely N-dealkylation sites (N-methyl/N-ethyl adjacent to an activating group) is 1. The van der Waals surface area contributed by atoms with Gasteiger partial charge < -0.3 is 15.2 Å². The molecule has 0 saturated heterocycles. The normalized spacial score (nSPS) is 13.9. The molecule has 0 radical (unpaired) electrons. The van der Waals surface area contributed by atoms with E-state index in [-0.39, 0.29) is 0 Å². The Bertz CT molecular complexity index is 43.7. The lowest BCUT2D eigenvalue weighted by Crippen LogP contribution is -2.25. The van der Waals surface area contributed by atoms with E-state index in [1.807, 2.05) is 6.92 Å². The predicted molar refractivity (Wildman–Crippen MR) is 31.6 cm³/mol. The van der Waals surface area contributed by atoms with E-state index in [2.05, 4.69) is 5.32 Å². The molecular formula is C5H13NO2. The Morgan fingerprint density at radius 1 is 1.75 bits per heavy atom. The van der Waals surface area contributed by atoms with Crippen molar-refractivity contribution in [3.05, 3.63) is 0 Å². The third-order valence-corrected chi connectivity index (χ3v) is 0.738. The van der Waals surface area contributed by atoms with Gasteiger partial charge in [-0.25, -0.2) is 0 Å². The summed E-state index contributed by atoms with van der Waals surface area (Å²) in [6.45, 7) is 2.90. The van der Waals surface area contributed by atoms with Crippen molar-refractivity contribution < 1.29 is 9.84 Å². The van der Waals surface area contributed by atoms with Gasteiger partial charge in [0.05, 0.1) is 0 Å². The van der Waals surface area contributed by atoms with E-state index in [1.54, 1.807) is 7.05 Å². The maximum Gasteiger partial charge on any atom is 0.166 e. The van der Waals surface area contributed by atoms with E-state index in [4.69, 9.17) is 9.84 Å². The SMILES string of the molecule is CCOC(O)CNC. The highest BCUT2D eigenvalue weighted by molar-refractivity contribution is 4.40. The van der Waals surface area contributed by atoms with Crippen molar-refractivity contribution in [2.75, 3.05) is 20.2 Å². The molecule has 0 heterocycles. The van der Waals surface area contributed by atoms with E-state index in [0.29, 0.717) is 13.2 Å². The van der Waals surface area contributed by atoms with Crippen molar-refractivity contribution >= 4 is 0 Å². The number of hydrogen-bond donors (Lipinski definition) is 2. The van der Waals surface area contributed by atoms with Gasteiger partial charge in [0.1, 0.15) is 0 Å². The third-order valence-electron chi connectivity index (χ3n) is 0.738. The fraction of sp³-hybridized carbons (Fsp3) is 1.00. The molecule has 0 aliphatic heterocycles. The molecule has 0 aliphatic carbocycles. The van der Waals surface area contributed by atoms with E-state index in [0.717, 1.165) is 0 Å². The van der Waals surface area contributed by atoms with Crippen LogP contribution in [0, 0.1) is 0 Å². The van der Waals surface area contributed by atoms with Crippen LogP contribution in [-0.2, 0) is 4.74 Å². The van der Waals surface area contributed by atoms with Crippen molar-refractivity contribution in [1.29, 1.82) is 0 Å². The maximum absolute atomic E-state index is 8.76. The van der Waals surface area contributed by atoms with E-state index in [1.165, 1.54) is 0 Å². The number of ether oxygens (including phenoxy) is 1. The fourth-order valence-corrected chi connectivity index (χ4v) is 0.426. The molecule has 0 aromatic heterocycles. The summed E-state index contributed by atoms with van der Waals surface area (Å²) in [5.41, 5.74) is 0. The quantitative estimate of drug-likeness (QED) is 0.493. The van der Waals surface area contributed by atoms with Crippen molar-refractivity contribution in [2.24, 2.45) is 0 Å². The van der Waals surface area contributed by atoms with Crippen LogP contribution in [0.25, 0.3) is 0 Å². The highest BCUT2D eigenvalue weighted by atomic mass is 16.6. The Labute approximate surface area is 49.7 Å². The molecule has 2 N–H and O–H groups in total. The lowest BCUT2D eigenvalue weighted by atomic mass is 10.6. The monoisotopic (exact) mass is 119 g/mol. The largest absolute Gasteiger partial charge is 0.367 e.